The van der Waals surface area contributed by atoms with Gasteiger partial charge in [-0.1, -0.05) is 0 Å². The van der Waals surface area contributed by atoms with Crippen molar-refractivity contribution < 1.29 is 9.90 Å². The molecule has 4 heteroatoms. The van der Waals surface area contributed by atoms with Crippen LogP contribution in [0.3, 0.4) is 0 Å². The topological polar surface area (TPSA) is 89.3 Å². The second-order valence-corrected chi connectivity index (χ2v) is 2.07. The van der Waals surface area contributed by atoms with E-state index in [1.165, 1.54) is 6.92 Å². The number of nitrogens with two attached hydrogens (primary N) is 2. The maximum atomic E-state index is 10.1. The van der Waals surface area contributed by atoms with Gasteiger partial charge < -0.3 is 16.6 Å². The van der Waals surface area contributed by atoms with Crippen molar-refractivity contribution >= 4 is 5.91 Å². The quantitative estimate of drug-likeness (QED) is 0.439. The normalized spacial score (nSPS) is 16.8. The summed E-state index contributed by atoms with van der Waals surface area (Å²) in [6.45, 7) is 1.52. The third-order valence-corrected chi connectivity index (χ3v) is 1.06. The van der Waals surface area contributed by atoms with Crippen molar-refractivity contribution in [3.63, 3.8) is 0 Å². The van der Waals surface area contributed by atoms with E-state index in [0.29, 0.717) is 0 Å². The van der Waals surface area contributed by atoms with Crippen LogP contribution in [-0.2, 0) is 4.79 Å². The monoisotopic (exact) mass is 132 g/mol. The number of rotatable bonds is 3. The van der Waals surface area contributed by atoms with Gasteiger partial charge in [0.2, 0.25) is 5.91 Å². The molecule has 0 aromatic heterocycles. The van der Waals surface area contributed by atoms with Crippen LogP contribution in [0.4, 0.5) is 0 Å². The molecule has 0 saturated heterocycles. The Morgan fingerprint density at radius 1 is 1.78 bits per heavy atom. The summed E-state index contributed by atoms with van der Waals surface area (Å²) in [4.78, 5) is 10.1. The summed E-state index contributed by atoms with van der Waals surface area (Å²) in [6, 6.07) is -0.525. The van der Waals surface area contributed by atoms with Crippen molar-refractivity contribution in [2.75, 3.05) is 0 Å². The average Bonchev–Trinajstić information content (AvgIpc) is 1.63. The predicted octanol–water partition coefficient (Wildman–Crippen LogP) is -1.43. The number of carbonyl (C=O) groups excluding carboxylic acids is 1. The highest BCUT2D eigenvalue weighted by atomic mass is 16.3. The minimum atomic E-state index is -0.669. The number of hydrogen-bond donors (Lipinski definition) is 3. The molecule has 0 bridgehead atoms. The van der Waals surface area contributed by atoms with E-state index in [1.54, 1.807) is 0 Å². The van der Waals surface area contributed by atoms with E-state index in [4.69, 9.17) is 16.6 Å². The zero-order valence-electron chi connectivity index (χ0n) is 5.37. The molecule has 5 N–H and O–H groups in total. The van der Waals surface area contributed by atoms with Crippen molar-refractivity contribution in [1.29, 1.82) is 0 Å². The van der Waals surface area contributed by atoms with Crippen LogP contribution in [0.15, 0.2) is 0 Å². The molecule has 0 radical (unpaired) electrons. The molecule has 4 nitrogen and oxygen atoms in total. The Labute approximate surface area is 53.8 Å². The lowest BCUT2D eigenvalue weighted by Crippen LogP contribution is -2.36. The van der Waals surface area contributed by atoms with Crippen molar-refractivity contribution in [1.82, 2.24) is 0 Å². The second kappa shape index (κ2) is 3.42. The maximum absolute atomic E-state index is 10.1. The van der Waals surface area contributed by atoms with E-state index < -0.39 is 18.1 Å². The van der Waals surface area contributed by atoms with Gasteiger partial charge in [0.05, 0.1) is 6.10 Å². The van der Waals surface area contributed by atoms with Crippen molar-refractivity contribution in [3.05, 3.63) is 0 Å². The first-order valence-corrected chi connectivity index (χ1v) is 2.76. The van der Waals surface area contributed by atoms with Crippen LogP contribution >= 0.6 is 0 Å². The first-order chi connectivity index (χ1) is 4.04. The lowest BCUT2D eigenvalue weighted by molar-refractivity contribution is -0.118. The van der Waals surface area contributed by atoms with Crippen LogP contribution in [0.25, 0.3) is 0 Å². The molecule has 2 unspecified atom stereocenters. The maximum Gasteiger partial charge on any atom is 0.219 e. The number of hydrogen-bond acceptors (Lipinski definition) is 3. The molecule has 0 aliphatic rings. The number of carbonyl (C=O) groups is 1. The van der Waals surface area contributed by atoms with E-state index in [2.05, 4.69) is 0 Å². The first kappa shape index (κ1) is 8.39. The Morgan fingerprint density at radius 2 is 2.22 bits per heavy atom. The molecular formula is C5H12N2O2. The van der Waals surface area contributed by atoms with E-state index in [0.717, 1.165) is 0 Å². The van der Waals surface area contributed by atoms with Crippen LogP contribution in [0.5, 0.6) is 0 Å². The molecule has 9 heavy (non-hydrogen) atoms. The van der Waals surface area contributed by atoms with Gasteiger partial charge in [-0.25, -0.2) is 0 Å². The first-order valence-electron chi connectivity index (χ1n) is 2.76. The molecule has 0 saturated carbocycles. The highest BCUT2D eigenvalue weighted by molar-refractivity contribution is 5.74. The van der Waals surface area contributed by atoms with Gasteiger partial charge in [-0.15, -0.1) is 0 Å². The van der Waals surface area contributed by atoms with Gasteiger partial charge in [-0.3, -0.25) is 4.79 Å². The molecule has 54 valence electrons. The molecule has 2 atom stereocenters. The summed E-state index contributed by atoms with van der Waals surface area (Å²) in [5, 5.41) is 8.74. The predicted molar refractivity (Wildman–Crippen MR) is 33.5 cm³/mol. The SMILES string of the molecule is CC(O)C(N)CC(N)=O. The van der Waals surface area contributed by atoms with Gasteiger partial charge in [0.15, 0.2) is 0 Å². The van der Waals surface area contributed by atoms with Crippen LogP contribution in [0.1, 0.15) is 13.3 Å². The summed E-state index contributed by atoms with van der Waals surface area (Å²) < 4.78 is 0. The van der Waals surface area contributed by atoms with Crippen LogP contribution in [0, 0.1) is 0 Å². The Hall–Kier alpha value is -0.610. The third kappa shape index (κ3) is 3.93. The molecular weight excluding hydrogens is 120 g/mol. The summed E-state index contributed by atoms with van der Waals surface area (Å²) >= 11 is 0. The fourth-order valence-electron chi connectivity index (χ4n) is 0.403. The minimum Gasteiger partial charge on any atom is -0.392 e. The molecule has 0 aliphatic carbocycles. The lowest BCUT2D eigenvalue weighted by Gasteiger charge is -2.10. The Balaban J connectivity index is 3.50. The van der Waals surface area contributed by atoms with Gasteiger partial charge in [0.25, 0.3) is 0 Å². The van der Waals surface area contributed by atoms with Gasteiger partial charge >= 0.3 is 0 Å². The summed E-state index contributed by atoms with van der Waals surface area (Å²) in [5.74, 6) is -0.483. The molecule has 0 rings (SSSR count). The Kier molecular flexibility index (Phi) is 3.19. The number of aliphatic hydroxyl groups is 1. The molecule has 0 fully saturated rings. The van der Waals surface area contributed by atoms with Crippen molar-refractivity contribution in [2.45, 2.75) is 25.5 Å². The molecule has 0 aromatic carbocycles. The zero-order valence-corrected chi connectivity index (χ0v) is 5.37. The average molecular weight is 132 g/mol. The summed E-state index contributed by atoms with van der Waals surface area (Å²) in [7, 11) is 0. The van der Waals surface area contributed by atoms with E-state index >= 15 is 0 Å². The van der Waals surface area contributed by atoms with Crippen LogP contribution < -0.4 is 11.5 Å². The lowest BCUT2D eigenvalue weighted by atomic mass is 10.1. The summed E-state index contributed by atoms with van der Waals surface area (Å²) in [5.41, 5.74) is 10.1. The zero-order chi connectivity index (χ0) is 7.44. The second-order valence-electron chi connectivity index (χ2n) is 2.07. The van der Waals surface area contributed by atoms with E-state index in [-0.39, 0.29) is 6.42 Å². The summed E-state index contributed by atoms with van der Waals surface area (Å²) in [6.07, 6.45) is -0.630. The third-order valence-electron chi connectivity index (χ3n) is 1.06. The fourth-order valence-corrected chi connectivity index (χ4v) is 0.403. The fraction of sp³-hybridized carbons (Fsp3) is 0.800. The largest absolute Gasteiger partial charge is 0.392 e. The molecule has 0 aliphatic heterocycles. The van der Waals surface area contributed by atoms with Gasteiger partial charge in [0, 0.05) is 12.5 Å². The van der Waals surface area contributed by atoms with Gasteiger partial charge in [0.1, 0.15) is 0 Å². The molecule has 1 amide bonds. The van der Waals surface area contributed by atoms with E-state index in [9.17, 15) is 4.79 Å². The van der Waals surface area contributed by atoms with Crippen molar-refractivity contribution in [2.24, 2.45) is 11.5 Å². The van der Waals surface area contributed by atoms with Crippen molar-refractivity contribution in [3.8, 4) is 0 Å². The molecule has 0 aromatic rings. The highest BCUT2D eigenvalue weighted by Crippen LogP contribution is 1.92. The van der Waals surface area contributed by atoms with Gasteiger partial charge in [-0.2, -0.15) is 0 Å². The standard InChI is InChI=1S/C5H12N2O2/c1-3(8)4(6)2-5(7)9/h3-4,8H,2,6H2,1H3,(H2,7,9). The van der Waals surface area contributed by atoms with E-state index in [1.807, 2.05) is 0 Å². The Bertz CT molecular complexity index is 103. The van der Waals surface area contributed by atoms with Crippen LogP contribution in [-0.4, -0.2) is 23.2 Å². The minimum absolute atomic E-state index is 0.0394. The molecule has 0 heterocycles. The van der Waals surface area contributed by atoms with Gasteiger partial charge in [-0.05, 0) is 6.92 Å². The van der Waals surface area contributed by atoms with Crippen LogP contribution in [0.2, 0.25) is 0 Å². The number of amides is 1. The smallest absolute Gasteiger partial charge is 0.219 e. The Morgan fingerprint density at radius 3 is 2.33 bits per heavy atom. The number of aliphatic hydroxyl groups excluding tert-OH is 1. The number of primary amides is 1. The highest BCUT2D eigenvalue weighted by Gasteiger charge is 2.10. The molecule has 0 spiro atoms.